The van der Waals surface area contributed by atoms with Crippen molar-refractivity contribution >= 4 is 17.7 Å². The summed E-state index contributed by atoms with van der Waals surface area (Å²) >= 11 is 5.84. The van der Waals surface area contributed by atoms with Crippen LogP contribution in [0.2, 0.25) is 5.02 Å². The lowest BCUT2D eigenvalue weighted by atomic mass is 10.1. The summed E-state index contributed by atoms with van der Waals surface area (Å²) in [4.78, 5) is 0. The zero-order valence-corrected chi connectivity index (χ0v) is 8.98. The molecule has 2 unspecified atom stereocenters. The van der Waals surface area contributed by atoms with Gasteiger partial charge in [-0.15, -0.1) is 0 Å². The molecule has 0 spiro atoms. The van der Waals surface area contributed by atoms with E-state index in [0.717, 1.165) is 17.9 Å². The molecular weight excluding hydrogens is 208 g/mol. The number of azo groups is 1. The van der Waals surface area contributed by atoms with E-state index in [2.05, 4.69) is 16.3 Å². The Hall–Kier alpha value is -1.15. The highest BCUT2D eigenvalue weighted by atomic mass is 35.5. The van der Waals surface area contributed by atoms with Crippen LogP contribution in [-0.4, -0.2) is 12.1 Å². The van der Waals surface area contributed by atoms with E-state index >= 15 is 0 Å². The lowest BCUT2D eigenvalue weighted by Gasteiger charge is -2.01. The number of benzene rings is 1. The number of nitrogens with zero attached hydrogens (tertiary/aromatic N) is 2. The maximum Gasteiger partial charge on any atom is 0.0943 e. The van der Waals surface area contributed by atoms with Gasteiger partial charge in [0.25, 0.3) is 0 Å². The largest absolute Gasteiger partial charge is 0.186 e. The normalized spacial score (nSPS) is 27.4. The molecule has 3 rings (SSSR count). The van der Waals surface area contributed by atoms with Gasteiger partial charge in [0, 0.05) is 5.02 Å². The Balaban J connectivity index is 1.91. The van der Waals surface area contributed by atoms with Gasteiger partial charge in [0.2, 0.25) is 0 Å². The predicted octanol–water partition coefficient (Wildman–Crippen LogP) is 3.72. The molecule has 2 atom stereocenters. The fourth-order valence-corrected chi connectivity index (χ4v) is 2.35. The van der Waals surface area contributed by atoms with Crippen molar-refractivity contribution in [2.24, 2.45) is 10.2 Å². The standard InChI is InChI=1S/C12H11ClN2/c13-9-3-1-8(2-4-9)7-10-11-5-6-12(10)15-14-11/h1-4,7,11-12H,5-6H2. The van der Waals surface area contributed by atoms with Gasteiger partial charge in [-0.2, -0.15) is 10.2 Å². The summed E-state index contributed by atoms with van der Waals surface area (Å²) in [6.45, 7) is 0. The minimum absolute atomic E-state index is 0.352. The van der Waals surface area contributed by atoms with Crippen LogP contribution in [-0.2, 0) is 0 Å². The molecule has 1 aliphatic heterocycles. The van der Waals surface area contributed by atoms with Crippen molar-refractivity contribution in [3.63, 3.8) is 0 Å². The van der Waals surface area contributed by atoms with E-state index in [1.54, 1.807) is 0 Å². The molecule has 3 heteroatoms. The van der Waals surface area contributed by atoms with Crippen molar-refractivity contribution in [1.29, 1.82) is 0 Å². The van der Waals surface area contributed by atoms with Crippen molar-refractivity contribution in [3.8, 4) is 0 Å². The second-order valence-corrected chi connectivity index (χ2v) is 4.47. The Bertz CT molecular complexity index is 417. The van der Waals surface area contributed by atoms with Crippen molar-refractivity contribution in [3.05, 3.63) is 40.4 Å². The Labute approximate surface area is 93.7 Å². The second-order valence-electron chi connectivity index (χ2n) is 4.04. The molecule has 1 aromatic rings. The zero-order valence-electron chi connectivity index (χ0n) is 8.23. The lowest BCUT2D eigenvalue weighted by Crippen LogP contribution is -1.98. The third-order valence-electron chi connectivity index (χ3n) is 3.03. The van der Waals surface area contributed by atoms with Crippen LogP contribution in [0.5, 0.6) is 0 Å². The Morgan fingerprint density at radius 2 is 1.67 bits per heavy atom. The minimum atomic E-state index is 0.352. The molecule has 0 radical (unpaired) electrons. The molecule has 2 aliphatic rings. The van der Waals surface area contributed by atoms with Crippen molar-refractivity contribution in [2.45, 2.75) is 24.9 Å². The molecule has 2 nitrogen and oxygen atoms in total. The number of halogens is 1. The Morgan fingerprint density at radius 3 is 2.20 bits per heavy atom. The van der Waals surface area contributed by atoms with E-state index in [-0.39, 0.29) is 0 Å². The first-order valence-electron chi connectivity index (χ1n) is 5.20. The summed E-state index contributed by atoms with van der Waals surface area (Å²) in [5, 5.41) is 9.24. The number of hydrogen-bond donors (Lipinski definition) is 0. The average Bonchev–Trinajstić information content (AvgIpc) is 2.81. The first-order chi connectivity index (χ1) is 7.33. The third-order valence-corrected chi connectivity index (χ3v) is 3.28. The topological polar surface area (TPSA) is 24.7 Å². The van der Waals surface area contributed by atoms with Crippen LogP contribution >= 0.6 is 11.6 Å². The van der Waals surface area contributed by atoms with E-state index < -0.39 is 0 Å². The molecule has 1 saturated carbocycles. The molecule has 0 aromatic heterocycles. The highest BCUT2D eigenvalue weighted by Crippen LogP contribution is 2.37. The molecule has 1 heterocycles. The molecule has 2 bridgehead atoms. The molecule has 0 saturated heterocycles. The van der Waals surface area contributed by atoms with E-state index in [1.807, 2.05) is 24.3 Å². The van der Waals surface area contributed by atoms with Crippen molar-refractivity contribution in [1.82, 2.24) is 0 Å². The van der Waals surface area contributed by atoms with E-state index in [1.165, 1.54) is 11.1 Å². The molecule has 76 valence electrons. The predicted molar refractivity (Wildman–Crippen MR) is 61.1 cm³/mol. The summed E-state index contributed by atoms with van der Waals surface area (Å²) in [5.74, 6) is 0. The summed E-state index contributed by atoms with van der Waals surface area (Å²) < 4.78 is 0. The van der Waals surface area contributed by atoms with Crippen LogP contribution in [0.1, 0.15) is 18.4 Å². The summed E-state index contributed by atoms with van der Waals surface area (Å²) in [6.07, 6.45) is 4.53. The third kappa shape index (κ3) is 1.59. The number of fused-ring (bicyclic) bond motifs is 2. The number of hydrogen-bond acceptors (Lipinski definition) is 2. The molecule has 0 amide bonds. The highest BCUT2D eigenvalue weighted by Gasteiger charge is 2.35. The molecule has 1 fully saturated rings. The van der Waals surface area contributed by atoms with Crippen LogP contribution in [0.3, 0.4) is 0 Å². The number of rotatable bonds is 1. The van der Waals surface area contributed by atoms with Gasteiger partial charge in [-0.3, -0.25) is 0 Å². The summed E-state index contributed by atoms with van der Waals surface area (Å²) in [7, 11) is 0. The second kappa shape index (κ2) is 3.46. The van der Waals surface area contributed by atoms with Crippen LogP contribution in [0, 0.1) is 0 Å². The van der Waals surface area contributed by atoms with E-state index in [4.69, 9.17) is 11.6 Å². The van der Waals surface area contributed by atoms with E-state index in [0.29, 0.717) is 12.1 Å². The highest BCUT2D eigenvalue weighted by molar-refractivity contribution is 6.30. The monoisotopic (exact) mass is 218 g/mol. The smallest absolute Gasteiger partial charge is 0.0943 e. The molecule has 0 N–H and O–H groups in total. The molecular formula is C12H11ClN2. The first-order valence-corrected chi connectivity index (χ1v) is 5.58. The summed E-state index contributed by atoms with van der Waals surface area (Å²) in [6, 6.07) is 8.61. The summed E-state index contributed by atoms with van der Waals surface area (Å²) in [5.41, 5.74) is 2.57. The van der Waals surface area contributed by atoms with Gasteiger partial charge >= 0.3 is 0 Å². The van der Waals surface area contributed by atoms with Gasteiger partial charge in [-0.1, -0.05) is 29.8 Å². The Morgan fingerprint density at radius 1 is 1.07 bits per heavy atom. The molecule has 1 aliphatic carbocycles. The SMILES string of the molecule is Clc1ccc(C=C2C3CCC2N=N3)cc1. The van der Waals surface area contributed by atoms with Crippen molar-refractivity contribution < 1.29 is 0 Å². The lowest BCUT2D eigenvalue weighted by molar-refractivity contribution is 0.643. The van der Waals surface area contributed by atoms with Crippen LogP contribution in [0.15, 0.2) is 40.1 Å². The average molecular weight is 219 g/mol. The Kier molecular flexibility index (Phi) is 2.10. The van der Waals surface area contributed by atoms with Crippen LogP contribution < -0.4 is 0 Å². The quantitative estimate of drug-likeness (QED) is 0.687. The van der Waals surface area contributed by atoms with Crippen LogP contribution in [0.4, 0.5) is 0 Å². The van der Waals surface area contributed by atoms with Gasteiger partial charge in [0.05, 0.1) is 12.1 Å². The van der Waals surface area contributed by atoms with Gasteiger partial charge in [-0.05, 0) is 36.1 Å². The first kappa shape index (κ1) is 9.10. The van der Waals surface area contributed by atoms with Gasteiger partial charge < -0.3 is 0 Å². The fourth-order valence-electron chi connectivity index (χ4n) is 2.22. The zero-order chi connectivity index (χ0) is 10.3. The van der Waals surface area contributed by atoms with Gasteiger partial charge in [-0.25, -0.2) is 0 Å². The maximum absolute atomic E-state index is 5.84. The molecule has 15 heavy (non-hydrogen) atoms. The van der Waals surface area contributed by atoms with Crippen LogP contribution in [0.25, 0.3) is 6.08 Å². The fraction of sp³-hybridized carbons (Fsp3) is 0.333. The van der Waals surface area contributed by atoms with Crippen molar-refractivity contribution in [2.75, 3.05) is 0 Å². The van der Waals surface area contributed by atoms with E-state index in [9.17, 15) is 0 Å². The minimum Gasteiger partial charge on any atom is -0.186 e. The van der Waals surface area contributed by atoms with Gasteiger partial charge in [0.15, 0.2) is 0 Å². The van der Waals surface area contributed by atoms with Gasteiger partial charge in [0.1, 0.15) is 0 Å². The molecule has 1 aromatic carbocycles. The maximum atomic E-state index is 5.84.